The Balaban J connectivity index is 2.83. The predicted molar refractivity (Wildman–Crippen MR) is 87.4 cm³/mol. The maximum absolute atomic E-state index is 12.2. The van der Waals surface area contributed by atoms with Gasteiger partial charge in [-0.1, -0.05) is 0 Å². The summed E-state index contributed by atoms with van der Waals surface area (Å²) < 4.78 is 26.4. The van der Waals surface area contributed by atoms with Crippen LogP contribution in [0.3, 0.4) is 0 Å². The number of carbonyl (C=O) groups is 2. The molecule has 0 saturated carbocycles. The number of carboxylic acid groups (broad SMARTS) is 1. The second kappa shape index (κ2) is 8.53. The minimum Gasteiger partial charge on any atom is -0.480 e. The van der Waals surface area contributed by atoms with Gasteiger partial charge in [0.25, 0.3) is 5.69 Å². The minimum atomic E-state index is -4.20. The van der Waals surface area contributed by atoms with Gasteiger partial charge in [-0.05, 0) is 32.4 Å². The van der Waals surface area contributed by atoms with Crippen molar-refractivity contribution in [2.45, 2.75) is 43.7 Å². The van der Waals surface area contributed by atoms with E-state index >= 15 is 0 Å². The summed E-state index contributed by atoms with van der Waals surface area (Å²) in [5, 5.41) is 22.3. The van der Waals surface area contributed by atoms with Gasteiger partial charge in [-0.15, -0.1) is 0 Å². The van der Waals surface area contributed by atoms with Gasteiger partial charge in [0.05, 0.1) is 9.82 Å². The molecule has 11 heteroatoms. The average molecular weight is 373 g/mol. The highest BCUT2D eigenvalue weighted by Crippen LogP contribution is 2.16. The van der Waals surface area contributed by atoms with Crippen molar-refractivity contribution >= 4 is 27.6 Å². The highest BCUT2D eigenvalue weighted by atomic mass is 32.2. The molecule has 0 saturated heterocycles. The maximum Gasteiger partial charge on any atom is 0.321 e. The number of carbonyl (C=O) groups excluding carboxylic acids is 1. The van der Waals surface area contributed by atoms with E-state index in [1.807, 2.05) is 4.72 Å². The van der Waals surface area contributed by atoms with Gasteiger partial charge in [0.15, 0.2) is 0 Å². The Morgan fingerprint density at radius 2 is 1.80 bits per heavy atom. The van der Waals surface area contributed by atoms with Crippen LogP contribution in [0.2, 0.25) is 0 Å². The average Bonchev–Trinajstić information content (AvgIpc) is 2.50. The van der Waals surface area contributed by atoms with Crippen molar-refractivity contribution in [3.63, 3.8) is 0 Å². The lowest BCUT2D eigenvalue weighted by molar-refractivity contribution is -0.384. The smallest absolute Gasteiger partial charge is 0.321 e. The molecule has 0 fully saturated rings. The van der Waals surface area contributed by atoms with Crippen molar-refractivity contribution in [1.29, 1.82) is 0 Å². The zero-order valence-electron chi connectivity index (χ0n) is 13.6. The number of rotatable bonds is 9. The van der Waals surface area contributed by atoms with E-state index in [4.69, 9.17) is 5.11 Å². The van der Waals surface area contributed by atoms with Crippen molar-refractivity contribution in [3.05, 3.63) is 34.4 Å². The molecule has 0 aliphatic heterocycles. The van der Waals surface area contributed by atoms with Gasteiger partial charge in [0.1, 0.15) is 6.04 Å². The Kier molecular flexibility index (Phi) is 7.00. The molecule has 138 valence electrons. The summed E-state index contributed by atoms with van der Waals surface area (Å²) in [5.74, 6) is -1.82. The number of nitro benzene ring substituents is 1. The van der Waals surface area contributed by atoms with E-state index in [0.717, 1.165) is 24.3 Å². The molecule has 1 amide bonds. The van der Waals surface area contributed by atoms with Gasteiger partial charge in [-0.3, -0.25) is 19.7 Å². The van der Waals surface area contributed by atoms with E-state index in [-0.39, 0.29) is 29.5 Å². The van der Waals surface area contributed by atoms with Gasteiger partial charge in [0.2, 0.25) is 15.9 Å². The Bertz CT molecular complexity index is 744. The lowest BCUT2D eigenvalue weighted by Crippen LogP contribution is -2.42. The van der Waals surface area contributed by atoms with Gasteiger partial charge >= 0.3 is 5.97 Å². The van der Waals surface area contributed by atoms with Crippen molar-refractivity contribution in [2.75, 3.05) is 0 Å². The molecule has 1 rings (SSSR count). The van der Waals surface area contributed by atoms with Crippen molar-refractivity contribution in [3.8, 4) is 0 Å². The molecule has 3 N–H and O–H groups in total. The Hall–Kier alpha value is -2.53. The molecule has 0 bridgehead atoms. The minimum absolute atomic E-state index is 0.118. The van der Waals surface area contributed by atoms with E-state index in [2.05, 4.69) is 5.32 Å². The van der Waals surface area contributed by atoms with Crippen LogP contribution in [-0.2, 0) is 19.6 Å². The topological polar surface area (TPSA) is 156 Å². The molecule has 1 aromatic rings. The third-order valence-electron chi connectivity index (χ3n) is 3.06. The highest BCUT2D eigenvalue weighted by molar-refractivity contribution is 7.89. The number of nitrogens with zero attached hydrogens (tertiary/aromatic N) is 1. The number of nitrogens with one attached hydrogen (secondary N) is 2. The summed E-state index contributed by atoms with van der Waals surface area (Å²) in [7, 11) is -4.20. The number of benzene rings is 1. The molecule has 0 spiro atoms. The van der Waals surface area contributed by atoms with Crippen molar-refractivity contribution in [1.82, 2.24) is 10.0 Å². The first-order valence-electron chi connectivity index (χ1n) is 7.32. The molecular formula is C14H19N3O7S. The summed E-state index contributed by atoms with van der Waals surface area (Å²) in [5.41, 5.74) is -0.293. The molecule has 0 aliphatic rings. The van der Waals surface area contributed by atoms with Crippen LogP contribution in [0.4, 0.5) is 5.69 Å². The highest BCUT2D eigenvalue weighted by Gasteiger charge is 2.26. The first-order valence-corrected chi connectivity index (χ1v) is 8.80. The van der Waals surface area contributed by atoms with Gasteiger partial charge in [-0.25, -0.2) is 8.42 Å². The summed E-state index contributed by atoms with van der Waals surface area (Å²) >= 11 is 0. The molecule has 0 radical (unpaired) electrons. The maximum atomic E-state index is 12.2. The van der Waals surface area contributed by atoms with Crippen LogP contribution in [0.15, 0.2) is 29.2 Å². The first kappa shape index (κ1) is 20.5. The fraction of sp³-hybridized carbons (Fsp3) is 0.429. The van der Waals surface area contributed by atoms with Crippen LogP contribution in [0.25, 0.3) is 0 Å². The number of carboxylic acids is 1. The number of amides is 1. The standard InChI is InChI=1S/C14H19N3O7S/c1-9(2)15-13(18)8-7-12(14(19)20)16-25(23,24)11-5-3-10(4-6-11)17(21)22/h3-6,9,12,16H,7-8H2,1-2H3,(H,15,18)(H,19,20)/t12-/m1/s1. The molecule has 10 nitrogen and oxygen atoms in total. The van der Waals surface area contributed by atoms with Gasteiger partial charge in [0, 0.05) is 24.6 Å². The van der Waals surface area contributed by atoms with Crippen LogP contribution in [0.1, 0.15) is 26.7 Å². The Morgan fingerprint density at radius 3 is 2.24 bits per heavy atom. The summed E-state index contributed by atoms with van der Waals surface area (Å²) in [6.45, 7) is 3.48. The molecule has 0 aromatic heterocycles. The fourth-order valence-corrected chi connectivity index (χ4v) is 3.13. The molecule has 0 heterocycles. The number of hydrogen-bond donors (Lipinski definition) is 3. The number of hydrogen-bond acceptors (Lipinski definition) is 6. The second-order valence-electron chi connectivity index (χ2n) is 5.52. The number of non-ortho nitro benzene ring substituents is 1. The van der Waals surface area contributed by atoms with E-state index in [9.17, 15) is 28.1 Å². The van der Waals surface area contributed by atoms with Crippen molar-refractivity contribution in [2.24, 2.45) is 0 Å². The summed E-state index contributed by atoms with van der Waals surface area (Å²) in [4.78, 5) is 32.4. The monoisotopic (exact) mass is 373 g/mol. The molecule has 0 unspecified atom stereocenters. The summed E-state index contributed by atoms with van der Waals surface area (Å²) in [6, 6.07) is 2.39. The van der Waals surface area contributed by atoms with Crippen molar-refractivity contribution < 1.29 is 28.0 Å². The van der Waals surface area contributed by atoms with Crippen LogP contribution in [0, 0.1) is 10.1 Å². The lowest BCUT2D eigenvalue weighted by Gasteiger charge is -2.15. The number of sulfonamides is 1. The molecule has 25 heavy (non-hydrogen) atoms. The zero-order valence-corrected chi connectivity index (χ0v) is 14.4. The molecular weight excluding hydrogens is 354 g/mol. The van der Waals surface area contributed by atoms with E-state index in [1.165, 1.54) is 0 Å². The van der Waals surface area contributed by atoms with Gasteiger partial charge < -0.3 is 10.4 Å². The molecule has 1 aromatic carbocycles. The number of aliphatic carboxylic acids is 1. The first-order chi connectivity index (χ1) is 11.5. The zero-order chi connectivity index (χ0) is 19.2. The van der Waals surface area contributed by atoms with E-state index in [0.29, 0.717) is 0 Å². The predicted octanol–water partition coefficient (Wildman–Crippen LogP) is 0.631. The van der Waals surface area contributed by atoms with Crippen LogP contribution in [0.5, 0.6) is 0 Å². The Labute approximate surface area is 144 Å². The van der Waals surface area contributed by atoms with E-state index in [1.54, 1.807) is 13.8 Å². The normalized spacial score (nSPS) is 12.6. The van der Waals surface area contributed by atoms with E-state index < -0.39 is 32.9 Å². The largest absolute Gasteiger partial charge is 0.480 e. The lowest BCUT2D eigenvalue weighted by atomic mass is 10.1. The molecule has 1 atom stereocenters. The fourth-order valence-electron chi connectivity index (χ4n) is 1.90. The SMILES string of the molecule is CC(C)NC(=O)CC[C@@H](NS(=O)(=O)c1ccc([N+](=O)[O-])cc1)C(=O)O. The molecule has 0 aliphatic carbocycles. The summed E-state index contributed by atoms with van der Waals surface area (Å²) in [6.07, 6.45) is -0.405. The van der Waals surface area contributed by atoms with Crippen LogP contribution >= 0.6 is 0 Å². The second-order valence-corrected chi connectivity index (χ2v) is 7.24. The third kappa shape index (κ3) is 6.47. The van der Waals surface area contributed by atoms with Crippen LogP contribution < -0.4 is 10.0 Å². The quantitative estimate of drug-likeness (QED) is 0.423. The third-order valence-corrected chi connectivity index (χ3v) is 4.55. The van der Waals surface area contributed by atoms with Crippen LogP contribution in [-0.4, -0.2) is 42.4 Å². The number of nitro groups is 1. The van der Waals surface area contributed by atoms with Gasteiger partial charge in [-0.2, -0.15) is 4.72 Å². The Morgan fingerprint density at radius 1 is 1.24 bits per heavy atom.